The quantitative estimate of drug-likeness (QED) is 0.718. The van der Waals surface area contributed by atoms with Gasteiger partial charge in [0.1, 0.15) is 6.33 Å². The van der Waals surface area contributed by atoms with Crippen molar-refractivity contribution in [2.24, 2.45) is 0 Å². The molecule has 1 aromatic carbocycles. The second kappa shape index (κ2) is 4.23. The fourth-order valence-corrected chi connectivity index (χ4v) is 1.80. The molecule has 0 unspecified atom stereocenters. The lowest BCUT2D eigenvalue weighted by molar-refractivity contribution is 0.788. The zero-order valence-electron chi connectivity index (χ0n) is 7.79. The first-order valence-corrected chi connectivity index (χ1v) is 5.35. The Labute approximate surface area is 86.3 Å². The third kappa shape index (κ3) is 1.93. The SMILES string of the molecule is CCSc1ccc(-n2cnnn2)cc1. The minimum Gasteiger partial charge on any atom is -0.201 e. The second-order valence-corrected chi connectivity index (χ2v) is 4.02. The predicted molar refractivity (Wildman–Crippen MR) is 55.6 cm³/mol. The minimum atomic E-state index is 0.982. The summed E-state index contributed by atoms with van der Waals surface area (Å²) in [5, 5.41) is 11.0. The Morgan fingerprint density at radius 1 is 1.29 bits per heavy atom. The molecule has 5 heteroatoms. The van der Waals surface area contributed by atoms with Gasteiger partial charge in [-0.3, -0.25) is 0 Å². The van der Waals surface area contributed by atoms with E-state index in [1.54, 1.807) is 11.0 Å². The Morgan fingerprint density at radius 2 is 2.07 bits per heavy atom. The zero-order chi connectivity index (χ0) is 9.80. The van der Waals surface area contributed by atoms with Gasteiger partial charge in [-0.25, -0.2) is 4.68 Å². The number of rotatable bonds is 3. The molecule has 0 aliphatic heterocycles. The minimum absolute atomic E-state index is 0.982. The molecule has 14 heavy (non-hydrogen) atoms. The van der Waals surface area contributed by atoms with Crippen molar-refractivity contribution in [2.45, 2.75) is 11.8 Å². The molecule has 0 N–H and O–H groups in total. The van der Waals surface area contributed by atoms with Gasteiger partial charge in [0, 0.05) is 4.90 Å². The third-order valence-electron chi connectivity index (χ3n) is 1.76. The highest BCUT2D eigenvalue weighted by Crippen LogP contribution is 2.18. The van der Waals surface area contributed by atoms with Gasteiger partial charge in [-0.1, -0.05) is 6.92 Å². The van der Waals surface area contributed by atoms with Crippen LogP contribution >= 0.6 is 11.8 Å². The molecular formula is C9H10N4S. The van der Waals surface area contributed by atoms with Gasteiger partial charge < -0.3 is 0 Å². The van der Waals surface area contributed by atoms with Crippen molar-refractivity contribution in [1.29, 1.82) is 0 Å². The molecule has 0 amide bonds. The lowest BCUT2D eigenvalue weighted by atomic mass is 10.3. The molecule has 0 radical (unpaired) electrons. The van der Waals surface area contributed by atoms with Gasteiger partial charge in [0.2, 0.25) is 0 Å². The number of aromatic nitrogens is 4. The van der Waals surface area contributed by atoms with Crippen molar-refractivity contribution in [3.05, 3.63) is 30.6 Å². The number of nitrogens with zero attached hydrogens (tertiary/aromatic N) is 4. The summed E-state index contributed by atoms with van der Waals surface area (Å²) < 4.78 is 1.64. The molecule has 1 heterocycles. The fraction of sp³-hybridized carbons (Fsp3) is 0.222. The Bertz CT molecular complexity index is 382. The monoisotopic (exact) mass is 206 g/mol. The molecule has 2 rings (SSSR count). The Hall–Kier alpha value is -1.36. The van der Waals surface area contributed by atoms with E-state index in [9.17, 15) is 0 Å². The van der Waals surface area contributed by atoms with Crippen LogP contribution in [-0.2, 0) is 0 Å². The Morgan fingerprint density at radius 3 is 2.64 bits per heavy atom. The first-order valence-electron chi connectivity index (χ1n) is 4.36. The van der Waals surface area contributed by atoms with E-state index >= 15 is 0 Å². The van der Waals surface area contributed by atoms with Crippen LogP contribution in [0.2, 0.25) is 0 Å². The van der Waals surface area contributed by atoms with Crippen LogP contribution < -0.4 is 0 Å². The largest absolute Gasteiger partial charge is 0.201 e. The van der Waals surface area contributed by atoms with Crippen LogP contribution in [0.1, 0.15) is 6.92 Å². The van der Waals surface area contributed by atoms with Crippen LogP contribution in [0.4, 0.5) is 0 Å². The van der Waals surface area contributed by atoms with E-state index in [2.05, 4.69) is 34.6 Å². The van der Waals surface area contributed by atoms with E-state index in [1.165, 1.54) is 4.90 Å². The molecule has 0 atom stereocenters. The Kier molecular flexibility index (Phi) is 2.78. The highest BCUT2D eigenvalue weighted by molar-refractivity contribution is 7.99. The second-order valence-electron chi connectivity index (χ2n) is 2.68. The van der Waals surface area contributed by atoms with Gasteiger partial charge in [0.05, 0.1) is 5.69 Å². The molecule has 72 valence electrons. The molecule has 0 saturated heterocycles. The van der Waals surface area contributed by atoms with Crippen LogP contribution in [0.25, 0.3) is 5.69 Å². The van der Waals surface area contributed by atoms with E-state index in [4.69, 9.17) is 0 Å². The van der Waals surface area contributed by atoms with Crippen molar-refractivity contribution in [3.63, 3.8) is 0 Å². The first kappa shape index (κ1) is 9.21. The first-order chi connectivity index (χ1) is 6.90. The van der Waals surface area contributed by atoms with E-state index in [-0.39, 0.29) is 0 Å². The smallest absolute Gasteiger partial charge is 0.143 e. The number of hydrogen-bond donors (Lipinski definition) is 0. The number of benzene rings is 1. The van der Waals surface area contributed by atoms with Gasteiger partial charge in [0.15, 0.2) is 0 Å². The standard InChI is InChI=1S/C9H10N4S/c1-2-14-9-5-3-8(4-6-9)13-7-10-11-12-13/h3-7H,2H2,1H3. The van der Waals surface area contributed by atoms with Crippen LogP contribution in [0, 0.1) is 0 Å². The zero-order valence-corrected chi connectivity index (χ0v) is 8.61. The van der Waals surface area contributed by atoms with Crippen molar-refractivity contribution < 1.29 is 0 Å². The van der Waals surface area contributed by atoms with Crippen LogP contribution in [0.15, 0.2) is 35.5 Å². The van der Waals surface area contributed by atoms with Crippen molar-refractivity contribution in [3.8, 4) is 5.69 Å². The summed E-state index contributed by atoms with van der Waals surface area (Å²) in [6.45, 7) is 2.14. The van der Waals surface area contributed by atoms with Gasteiger partial charge in [-0.2, -0.15) is 0 Å². The van der Waals surface area contributed by atoms with Crippen LogP contribution in [0.3, 0.4) is 0 Å². The topological polar surface area (TPSA) is 43.6 Å². The highest BCUT2D eigenvalue weighted by atomic mass is 32.2. The number of thioether (sulfide) groups is 1. The maximum absolute atomic E-state index is 3.81. The summed E-state index contributed by atoms with van der Waals surface area (Å²) in [5.41, 5.74) is 0.982. The van der Waals surface area contributed by atoms with Crippen LogP contribution in [-0.4, -0.2) is 26.0 Å². The van der Waals surface area contributed by atoms with E-state index in [0.717, 1.165) is 11.4 Å². The van der Waals surface area contributed by atoms with Gasteiger partial charge in [-0.05, 0) is 40.4 Å². The lowest BCUT2D eigenvalue weighted by Crippen LogP contribution is -1.94. The molecule has 0 saturated carbocycles. The van der Waals surface area contributed by atoms with E-state index in [0.29, 0.717) is 0 Å². The summed E-state index contributed by atoms with van der Waals surface area (Å²) in [4.78, 5) is 1.27. The lowest BCUT2D eigenvalue weighted by Gasteiger charge is -2.00. The summed E-state index contributed by atoms with van der Waals surface area (Å²) in [7, 11) is 0. The van der Waals surface area contributed by atoms with Crippen molar-refractivity contribution in [2.75, 3.05) is 5.75 Å². The van der Waals surface area contributed by atoms with Crippen LogP contribution in [0.5, 0.6) is 0 Å². The number of hydrogen-bond acceptors (Lipinski definition) is 4. The van der Waals surface area contributed by atoms with E-state index < -0.39 is 0 Å². The molecule has 4 nitrogen and oxygen atoms in total. The summed E-state index contributed by atoms with van der Waals surface area (Å²) in [5.74, 6) is 1.09. The van der Waals surface area contributed by atoms with E-state index in [1.807, 2.05) is 23.9 Å². The Balaban J connectivity index is 2.22. The highest BCUT2D eigenvalue weighted by Gasteiger charge is 1.97. The molecule has 1 aromatic heterocycles. The molecule has 0 fully saturated rings. The molecular weight excluding hydrogens is 196 g/mol. The van der Waals surface area contributed by atoms with Crippen molar-refractivity contribution in [1.82, 2.24) is 20.2 Å². The number of tetrazole rings is 1. The average Bonchev–Trinajstić information content (AvgIpc) is 2.72. The molecule has 0 spiro atoms. The normalized spacial score (nSPS) is 10.4. The molecule has 0 bridgehead atoms. The van der Waals surface area contributed by atoms with Gasteiger partial charge in [-0.15, -0.1) is 16.9 Å². The maximum Gasteiger partial charge on any atom is 0.143 e. The predicted octanol–water partition coefficient (Wildman–Crippen LogP) is 1.77. The summed E-state index contributed by atoms with van der Waals surface area (Å²) in [6, 6.07) is 8.17. The third-order valence-corrected chi connectivity index (χ3v) is 2.66. The van der Waals surface area contributed by atoms with Gasteiger partial charge >= 0.3 is 0 Å². The summed E-state index contributed by atoms with van der Waals surface area (Å²) in [6.07, 6.45) is 1.59. The average molecular weight is 206 g/mol. The molecule has 0 aliphatic rings. The molecule has 2 aromatic rings. The fourth-order valence-electron chi connectivity index (χ4n) is 1.14. The maximum atomic E-state index is 3.81. The summed E-state index contributed by atoms with van der Waals surface area (Å²) >= 11 is 1.82. The van der Waals surface area contributed by atoms with Crippen molar-refractivity contribution >= 4 is 11.8 Å². The molecule has 0 aliphatic carbocycles. The van der Waals surface area contributed by atoms with Gasteiger partial charge in [0.25, 0.3) is 0 Å².